The molecule has 5 nitrogen and oxygen atoms in total. The summed E-state index contributed by atoms with van der Waals surface area (Å²) < 4.78 is 5.36. The minimum atomic E-state index is -0.907. The summed E-state index contributed by atoms with van der Waals surface area (Å²) in [6.07, 6.45) is 0.579. The van der Waals surface area contributed by atoms with E-state index in [-0.39, 0.29) is 12.3 Å². The van der Waals surface area contributed by atoms with Crippen LogP contribution in [-0.4, -0.2) is 47.7 Å². The molecule has 1 atom stereocenters. The molecule has 21 heavy (non-hydrogen) atoms. The molecule has 1 saturated heterocycles. The van der Waals surface area contributed by atoms with Crippen molar-refractivity contribution in [1.82, 2.24) is 4.90 Å². The number of benzene rings is 1. The maximum absolute atomic E-state index is 12.2. The molecule has 1 heterocycles. The quantitative estimate of drug-likeness (QED) is 0.903. The third-order valence-electron chi connectivity index (χ3n) is 3.43. The van der Waals surface area contributed by atoms with Gasteiger partial charge in [0.2, 0.25) is 5.91 Å². The summed E-state index contributed by atoms with van der Waals surface area (Å²) in [6.45, 7) is 1.27. The third-order valence-corrected chi connectivity index (χ3v) is 3.69. The maximum atomic E-state index is 12.2. The highest BCUT2D eigenvalue weighted by Crippen LogP contribution is 2.13. The average molecular weight is 312 g/mol. The molecule has 0 aromatic heterocycles. The van der Waals surface area contributed by atoms with Gasteiger partial charge in [0.25, 0.3) is 0 Å². The molecule has 114 valence electrons. The average Bonchev–Trinajstić information content (AvgIpc) is 2.46. The largest absolute Gasteiger partial charge is 0.481 e. The Morgan fingerprint density at radius 1 is 1.33 bits per heavy atom. The lowest BCUT2D eigenvalue weighted by Gasteiger charge is -2.32. The van der Waals surface area contributed by atoms with Crippen LogP contribution in [0.4, 0.5) is 0 Å². The fourth-order valence-corrected chi connectivity index (χ4v) is 2.45. The van der Waals surface area contributed by atoms with Crippen molar-refractivity contribution in [3.63, 3.8) is 0 Å². The Morgan fingerprint density at radius 2 is 2.05 bits per heavy atom. The molecule has 1 N–H and O–H groups in total. The van der Waals surface area contributed by atoms with Crippen molar-refractivity contribution in [2.24, 2.45) is 0 Å². The van der Waals surface area contributed by atoms with E-state index < -0.39 is 12.1 Å². The molecule has 0 unspecified atom stereocenters. The van der Waals surface area contributed by atoms with Gasteiger partial charge in [-0.2, -0.15) is 0 Å². The van der Waals surface area contributed by atoms with Gasteiger partial charge in [-0.1, -0.05) is 23.7 Å². The van der Waals surface area contributed by atoms with E-state index in [9.17, 15) is 9.59 Å². The molecule has 1 aliphatic rings. The van der Waals surface area contributed by atoms with Crippen molar-refractivity contribution in [2.45, 2.75) is 25.4 Å². The number of aliphatic carboxylic acids is 1. The Labute approximate surface area is 128 Å². The molecule has 1 aromatic carbocycles. The van der Waals surface area contributed by atoms with Crippen molar-refractivity contribution in [3.05, 3.63) is 34.9 Å². The van der Waals surface area contributed by atoms with Crippen molar-refractivity contribution in [3.8, 4) is 0 Å². The first-order valence-corrected chi connectivity index (χ1v) is 7.28. The molecule has 1 aromatic rings. The molecule has 0 spiro atoms. The zero-order valence-corrected chi connectivity index (χ0v) is 12.4. The van der Waals surface area contributed by atoms with Gasteiger partial charge >= 0.3 is 5.97 Å². The molecular weight excluding hydrogens is 294 g/mol. The number of halogens is 1. The Morgan fingerprint density at radius 3 is 2.71 bits per heavy atom. The molecule has 1 aliphatic heterocycles. The number of hydrogen-bond donors (Lipinski definition) is 1. The first-order chi connectivity index (χ1) is 10.0. The Balaban J connectivity index is 1.82. The number of hydrogen-bond acceptors (Lipinski definition) is 3. The monoisotopic (exact) mass is 311 g/mol. The van der Waals surface area contributed by atoms with E-state index in [0.717, 1.165) is 5.56 Å². The fraction of sp³-hybridized carbons (Fsp3) is 0.467. The molecule has 0 bridgehead atoms. The van der Waals surface area contributed by atoms with Crippen LogP contribution in [0.1, 0.15) is 18.4 Å². The summed E-state index contributed by atoms with van der Waals surface area (Å²) in [4.78, 5) is 24.5. The number of ether oxygens (including phenoxy) is 1. The number of carbonyl (C=O) groups excluding carboxylic acids is 1. The fourth-order valence-electron chi connectivity index (χ4n) is 2.32. The van der Waals surface area contributed by atoms with Crippen LogP contribution >= 0.6 is 11.6 Å². The molecule has 1 fully saturated rings. The molecule has 1 amide bonds. The lowest BCUT2D eigenvalue weighted by atomic mass is 10.1. The molecule has 0 saturated carbocycles. The second kappa shape index (κ2) is 7.43. The standard InChI is InChI=1S/C15H18ClNO4/c16-12-4-1-11(2-5-12)3-6-14(18)17-7-8-21-13(10-17)9-15(19)20/h1-2,4-5,13H,3,6-10H2,(H,19,20)/t13-/m0/s1. The second-order valence-corrected chi connectivity index (χ2v) is 5.49. The van der Waals surface area contributed by atoms with Gasteiger partial charge in [0.15, 0.2) is 0 Å². The van der Waals surface area contributed by atoms with E-state index in [1.165, 1.54) is 0 Å². The zero-order valence-electron chi connectivity index (χ0n) is 11.6. The van der Waals surface area contributed by atoms with Crippen molar-refractivity contribution < 1.29 is 19.4 Å². The summed E-state index contributed by atoms with van der Waals surface area (Å²) in [7, 11) is 0. The summed E-state index contributed by atoms with van der Waals surface area (Å²) in [5, 5.41) is 9.45. The Kier molecular flexibility index (Phi) is 5.59. The highest BCUT2D eigenvalue weighted by atomic mass is 35.5. The predicted octanol–water partition coefficient (Wildman–Crippen LogP) is 1.97. The van der Waals surface area contributed by atoms with Gasteiger partial charge in [-0.3, -0.25) is 9.59 Å². The number of carboxylic acids is 1. The second-order valence-electron chi connectivity index (χ2n) is 5.06. The van der Waals surface area contributed by atoms with Crippen molar-refractivity contribution in [2.75, 3.05) is 19.7 Å². The van der Waals surface area contributed by atoms with E-state index in [1.807, 2.05) is 12.1 Å². The molecular formula is C15H18ClNO4. The van der Waals surface area contributed by atoms with E-state index >= 15 is 0 Å². The van der Waals surface area contributed by atoms with E-state index in [2.05, 4.69) is 0 Å². The molecule has 0 radical (unpaired) electrons. The van der Waals surface area contributed by atoms with E-state index in [1.54, 1.807) is 17.0 Å². The van der Waals surface area contributed by atoms with E-state index in [4.69, 9.17) is 21.4 Å². The summed E-state index contributed by atoms with van der Waals surface area (Å²) in [5.41, 5.74) is 1.06. The third kappa shape index (κ3) is 5.02. The first-order valence-electron chi connectivity index (χ1n) is 6.90. The lowest BCUT2D eigenvalue weighted by Crippen LogP contribution is -2.46. The van der Waals surface area contributed by atoms with Crippen LogP contribution in [0.2, 0.25) is 5.02 Å². The molecule has 0 aliphatic carbocycles. The number of amides is 1. The van der Waals surface area contributed by atoms with Crippen LogP contribution in [0.5, 0.6) is 0 Å². The predicted molar refractivity (Wildman–Crippen MR) is 78.3 cm³/mol. The smallest absolute Gasteiger partial charge is 0.306 e. The van der Waals surface area contributed by atoms with Crippen molar-refractivity contribution >= 4 is 23.5 Å². The normalized spacial score (nSPS) is 18.5. The lowest BCUT2D eigenvalue weighted by molar-refractivity contribution is -0.147. The Bertz CT molecular complexity index is 503. The van der Waals surface area contributed by atoms with Crippen LogP contribution < -0.4 is 0 Å². The Hall–Kier alpha value is -1.59. The number of rotatable bonds is 5. The van der Waals surface area contributed by atoms with Gasteiger partial charge in [0.05, 0.1) is 19.1 Å². The van der Waals surface area contributed by atoms with Crippen LogP contribution in [0.15, 0.2) is 24.3 Å². The highest BCUT2D eigenvalue weighted by Gasteiger charge is 2.25. The maximum Gasteiger partial charge on any atom is 0.306 e. The summed E-state index contributed by atoms with van der Waals surface area (Å²) in [5.74, 6) is -0.876. The van der Waals surface area contributed by atoms with Crippen LogP contribution in [-0.2, 0) is 20.7 Å². The van der Waals surface area contributed by atoms with E-state index in [0.29, 0.717) is 37.6 Å². The highest BCUT2D eigenvalue weighted by molar-refractivity contribution is 6.30. The molecule has 6 heteroatoms. The first kappa shape index (κ1) is 15.8. The van der Waals surface area contributed by atoms with Crippen LogP contribution in [0.25, 0.3) is 0 Å². The SMILES string of the molecule is O=C(O)C[C@H]1CN(C(=O)CCc2ccc(Cl)cc2)CCO1. The minimum Gasteiger partial charge on any atom is -0.481 e. The number of carbonyl (C=O) groups is 2. The van der Waals surface area contributed by atoms with Crippen LogP contribution in [0.3, 0.4) is 0 Å². The van der Waals surface area contributed by atoms with Gasteiger partial charge in [-0.05, 0) is 24.1 Å². The number of morpholine rings is 1. The molecule has 2 rings (SSSR count). The van der Waals surface area contributed by atoms with Gasteiger partial charge in [0.1, 0.15) is 0 Å². The van der Waals surface area contributed by atoms with Gasteiger partial charge < -0.3 is 14.7 Å². The topological polar surface area (TPSA) is 66.8 Å². The van der Waals surface area contributed by atoms with Gasteiger partial charge in [0, 0.05) is 24.5 Å². The minimum absolute atomic E-state index is 0.0311. The zero-order chi connectivity index (χ0) is 15.2. The summed E-state index contributed by atoms with van der Waals surface area (Å²) in [6, 6.07) is 7.42. The number of aryl methyl sites for hydroxylation is 1. The number of nitrogens with zero attached hydrogens (tertiary/aromatic N) is 1. The van der Waals surface area contributed by atoms with Crippen LogP contribution in [0, 0.1) is 0 Å². The van der Waals surface area contributed by atoms with Gasteiger partial charge in [-0.25, -0.2) is 0 Å². The van der Waals surface area contributed by atoms with Crippen molar-refractivity contribution in [1.29, 1.82) is 0 Å². The number of carboxylic acid groups (broad SMARTS) is 1. The van der Waals surface area contributed by atoms with Gasteiger partial charge in [-0.15, -0.1) is 0 Å². The summed E-state index contributed by atoms with van der Waals surface area (Å²) >= 11 is 5.82.